The summed E-state index contributed by atoms with van der Waals surface area (Å²) in [6, 6.07) is 0. The number of hydrogen-bond donors (Lipinski definition) is 2. The van der Waals surface area contributed by atoms with Crippen molar-refractivity contribution >= 4 is 17.1 Å². The van der Waals surface area contributed by atoms with Crippen LogP contribution in [0, 0.1) is 0 Å². The van der Waals surface area contributed by atoms with E-state index in [1.807, 2.05) is 0 Å². The summed E-state index contributed by atoms with van der Waals surface area (Å²) < 4.78 is 3.92. The molecular weight excluding hydrogens is 290 g/mol. The molecule has 0 fully saturated rings. The van der Waals surface area contributed by atoms with Crippen molar-refractivity contribution in [3.63, 3.8) is 0 Å². The molecule has 0 radical (unpaired) electrons. The SMILES string of the molecule is CC(O)CC(=O)NCCn1cnc2c1c(=O)n(C)c(=O)n2C. The molecule has 0 bridgehead atoms. The van der Waals surface area contributed by atoms with Crippen molar-refractivity contribution in [2.24, 2.45) is 14.1 Å². The van der Waals surface area contributed by atoms with Gasteiger partial charge in [-0.25, -0.2) is 9.78 Å². The molecule has 22 heavy (non-hydrogen) atoms. The summed E-state index contributed by atoms with van der Waals surface area (Å²) in [5, 5.41) is 11.8. The average Bonchev–Trinajstić information content (AvgIpc) is 2.86. The third kappa shape index (κ3) is 2.93. The van der Waals surface area contributed by atoms with Crippen LogP contribution in [0.15, 0.2) is 15.9 Å². The van der Waals surface area contributed by atoms with Crippen molar-refractivity contribution in [1.82, 2.24) is 24.0 Å². The lowest BCUT2D eigenvalue weighted by atomic mass is 10.3. The number of carbonyl (C=O) groups is 1. The van der Waals surface area contributed by atoms with Gasteiger partial charge in [0, 0.05) is 27.2 Å². The van der Waals surface area contributed by atoms with Gasteiger partial charge in [-0.2, -0.15) is 0 Å². The summed E-state index contributed by atoms with van der Waals surface area (Å²) in [5.74, 6) is -0.264. The topological polar surface area (TPSA) is 111 Å². The molecule has 0 saturated heterocycles. The lowest BCUT2D eigenvalue weighted by Gasteiger charge is -2.08. The molecule has 1 atom stereocenters. The predicted molar refractivity (Wildman–Crippen MR) is 79.5 cm³/mol. The number of aromatic nitrogens is 4. The number of nitrogens with one attached hydrogen (secondary N) is 1. The fraction of sp³-hybridized carbons (Fsp3) is 0.538. The molecule has 120 valence electrons. The molecule has 1 amide bonds. The number of aliphatic hydroxyl groups excluding tert-OH is 1. The minimum absolute atomic E-state index is 0.0287. The van der Waals surface area contributed by atoms with E-state index in [2.05, 4.69) is 10.3 Å². The number of aryl methyl sites for hydroxylation is 1. The van der Waals surface area contributed by atoms with Gasteiger partial charge in [0.05, 0.1) is 18.9 Å². The molecule has 9 nitrogen and oxygen atoms in total. The summed E-state index contributed by atoms with van der Waals surface area (Å²) in [5.41, 5.74) is -0.239. The average molecular weight is 309 g/mol. The van der Waals surface area contributed by atoms with Gasteiger partial charge in [-0.15, -0.1) is 0 Å². The minimum atomic E-state index is -0.698. The highest BCUT2D eigenvalue weighted by molar-refractivity contribution is 5.76. The van der Waals surface area contributed by atoms with Crippen molar-refractivity contribution in [3.05, 3.63) is 27.2 Å². The first-order valence-electron chi connectivity index (χ1n) is 6.88. The Morgan fingerprint density at radius 1 is 1.36 bits per heavy atom. The van der Waals surface area contributed by atoms with Gasteiger partial charge < -0.3 is 15.0 Å². The largest absolute Gasteiger partial charge is 0.393 e. The molecular formula is C13H19N5O4. The Hall–Kier alpha value is -2.42. The van der Waals surface area contributed by atoms with Gasteiger partial charge in [0.25, 0.3) is 5.56 Å². The van der Waals surface area contributed by atoms with E-state index in [-0.39, 0.29) is 12.3 Å². The van der Waals surface area contributed by atoms with Gasteiger partial charge in [0.15, 0.2) is 11.2 Å². The summed E-state index contributed by atoms with van der Waals surface area (Å²) in [4.78, 5) is 39.6. The van der Waals surface area contributed by atoms with E-state index in [4.69, 9.17) is 5.11 Å². The maximum absolute atomic E-state index is 12.2. The first-order chi connectivity index (χ1) is 10.3. The Kier molecular flexibility index (Phi) is 4.45. The number of aliphatic hydroxyl groups is 1. The van der Waals surface area contributed by atoms with Crippen molar-refractivity contribution in [2.75, 3.05) is 6.54 Å². The highest BCUT2D eigenvalue weighted by atomic mass is 16.3. The minimum Gasteiger partial charge on any atom is -0.393 e. The molecule has 2 N–H and O–H groups in total. The summed E-state index contributed by atoms with van der Waals surface area (Å²) in [6.45, 7) is 2.17. The molecule has 0 aliphatic rings. The van der Waals surface area contributed by atoms with E-state index in [0.29, 0.717) is 24.3 Å². The maximum Gasteiger partial charge on any atom is 0.332 e. The highest BCUT2D eigenvalue weighted by Gasteiger charge is 2.14. The van der Waals surface area contributed by atoms with Crippen LogP contribution in [0.25, 0.3) is 11.2 Å². The van der Waals surface area contributed by atoms with Crippen LogP contribution in [-0.4, -0.2) is 42.3 Å². The second kappa shape index (κ2) is 6.14. The fourth-order valence-corrected chi connectivity index (χ4v) is 2.22. The number of amides is 1. The van der Waals surface area contributed by atoms with Gasteiger partial charge in [-0.1, -0.05) is 0 Å². The second-order valence-electron chi connectivity index (χ2n) is 5.22. The van der Waals surface area contributed by atoms with Gasteiger partial charge in [0.1, 0.15) is 0 Å². The van der Waals surface area contributed by atoms with Crippen LogP contribution in [0.1, 0.15) is 13.3 Å². The van der Waals surface area contributed by atoms with Crippen LogP contribution in [0.4, 0.5) is 0 Å². The van der Waals surface area contributed by atoms with Crippen LogP contribution >= 0.6 is 0 Å². The third-order valence-electron chi connectivity index (χ3n) is 3.37. The predicted octanol–water partition coefficient (Wildman–Crippen LogP) is -1.68. The molecule has 0 aromatic carbocycles. The van der Waals surface area contributed by atoms with Crippen LogP contribution < -0.4 is 16.6 Å². The third-order valence-corrected chi connectivity index (χ3v) is 3.37. The molecule has 0 spiro atoms. The molecule has 0 aliphatic heterocycles. The second-order valence-corrected chi connectivity index (χ2v) is 5.22. The zero-order chi connectivity index (χ0) is 16.4. The van der Waals surface area contributed by atoms with E-state index in [1.165, 1.54) is 24.9 Å². The Balaban J connectivity index is 2.22. The van der Waals surface area contributed by atoms with Gasteiger partial charge >= 0.3 is 5.69 Å². The van der Waals surface area contributed by atoms with Crippen LogP contribution in [0.5, 0.6) is 0 Å². The van der Waals surface area contributed by atoms with Crippen molar-refractivity contribution in [1.29, 1.82) is 0 Å². The van der Waals surface area contributed by atoms with Crippen molar-refractivity contribution < 1.29 is 9.90 Å². The van der Waals surface area contributed by atoms with Crippen molar-refractivity contribution in [3.8, 4) is 0 Å². The first kappa shape index (κ1) is 16.0. The van der Waals surface area contributed by atoms with E-state index in [1.54, 1.807) is 11.6 Å². The van der Waals surface area contributed by atoms with E-state index in [9.17, 15) is 14.4 Å². The molecule has 2 rings (SSSR count). The standard InChI is InChI=1S/C13H19N5O4/c1-8(19)6-9(20)14-4-5-18-7-15-11-10(18)12(21)17(3)13(22)16(11)2/h7-8,19H,4-6H2,1-3H3,(H,14,20). The summed E-state index contributed by atoms with van der Waals surface area (Å²) >= 11 is 0. The van der Waals surface area contributed by atoms with Gasteiger partial charge in [-0.05, 0) is 6.92 Å². The molecule has 0 aliphatic carbocycles. The first-order valence-corrected chi connectivity index (χ1v) is 6.88. The zero-order valence-corrected chi connectivity index (χ0v) is 12.7. The Morgan fingerprint density at radius 2 is 2.05 bits per heavy atom. The number of nitrogens with zero attached hydrogens (tertiary/aromatic N) is 4. The van der Waals surface area contributed by atoms with E-state index < -0.39 is 17.4 Å². The number of carbonyl (C=O) groups excluding carboxylic acids is 1. The molecule has 2 heterocycles. The monoisotopic (exact) mass is 309 g/mol. The Morgan fingerprint density at radius 3 is 2.68 bits per heavy atom. The van der Waals surface area contributed by atoms with Gasteiger partial charge in [-0.3, -0.25) is 18.7 Å². The molecule has 1 unspecified atom stereocenters. The summed E-state index contributed by atoms with van der Waals surface area (Å²) in [6.07, 6.45) is 0.795. The normalized spacial score (nSPS) is 12.5. The van der Waals surface area contributed by atoms with Gasteiger partial charge in [0.2, 0.25) is 5.91 Å². The number of hydrogen-bond acceptors (Lipinski definition) is 5. The van der Waals surface area contributed by atoms with E-state index >= 15 is 0 Å². The van der Waals surface area contributed by atoms with E-state index in [0.717, 1.165) is 4.57 Å². The molecule has 9 heteroatoms. The molecule has 2 aromatic rings. The van der Waals surface area contributed by atoms with Crippen LogP contribution in [-0.2, 0) is 25.4 Å². The smallest absolute Gasteiger partial charge is 0.332 e. The summed E-state index contributed by atoms with van der Waals surface area (Å²) in [7, 11) is 2.96. The number of rotatable bonds is 5. The Bertz CT molecular complexity index is 814. The quantitative estimate of drug-likeness (QED) is 0.685. The Labute approximate surface area is 125 Å². The fourth-order valence-electron chi connectivity index (χ4n) is 2.22. The molecule has 2 aromatic heterocycles. The zero-order valence-electron chi connectivity index (χ0n) is 12.7. The number of fused-ring (bicyclic) bond motifs is 1. The lowest BCUT2D eigenvalue weighted by molar-refractivity contribution is -0.122. The highest BCUT2D eigenvalue weighted by Crippen LogP contribution is 2.04. The van der Waals surface area contributed by atoms with Crippen LogP contribution in [0.2, 0.25) is 0 Å². The van der Waals surface area contributed by atoms with Crippen LogP contribution in [0.3, 0.4) is 0 Å². The number of imidazole rings is 1. The lowest BCUT2D eigenvalue weighted by Crippen LogP contribution is -2.38. The van der Waals surface area contributed by atoms with Crippen molar-refractivity contribution in [2.45, 2.75) is 26.0 Å². The maximum atomic E-state index is 12.2. The molecule has 0 saturated carbocycles.